The average Bonchev–Trinajstić information content (AvgIpc) is 3.97. The second-order valence-corrected chi connectivity index (χ2v) is 23.9. The fourth-order valence-electron chi connectivity index (χ4n) is 15.4. The predicted octanol–water partition coefficient (Wildman–Crippen LogP) is 13.3. The average molecular weight is 909 g/mol. The zero-order valence-corrected chi connectivity index (χ0v) is 42.1. The molecule has 0 spiro atoms. The molecule has 1 aromatic heterocycles. The fourth-order valence-corrected chi connectivity index (χ4v) is 17.2. The van der Waals surface area contributed by atoms with Gasteiger partial charge in [-0.25, -0.2) is 0 Å². The van der Waals surface area contributed by atoms with Gasteiger partial charge in [0.15, 0.2) is 0 Å². The molecule has 348 valence electrons. The number of hydrogen-bond donors (Lipinski definition) is 3. The lowest BCUT2D eigenvalue weighted by Gasteiger charge is -2.49. The summed E-state index contributed by atoms with van der Waals surface area (Å²) in [6.07, 6.45) is 29.6. The van der Waals surface area contributed by atoms with Crippen molar-refractivity contribution in [3.63, 3.8) is 0 Å². The smallest absolute Gasteiger partial charge is 0.0969 e. The van der Waals surface area contributed by atoms with E-state index in [1.165, 1.54) is 105 Å². The normalized spacial score (nSPS) is 34.6. The Morgan fingerprint density at radius 2 is 1.63 bits per heavy atom. The van der Waals surface area contributed by atoms with Crippen molar-refractivity contribution < 1.29 is 0 Å². The number of aryl methyl sites for hydroxylation is 4. The molecule has 1 saturated carbocycles. The summed E-state index contributed by atoms with van der Waals surface area (Å²) in [5.74, 6) is 3.06. The molecule has 3 N–H and O–H groups in total. The van der Waals surface area contributed by atoms with Crippen LogP contribution in [-0.2, 0) is 6.42 Å². The quantitative estimate of drug-likeness (QED) is 0.222. The zero-order chi connectivity index (χ0) is 46.0. The lowest BCUT2D eigenvalue weighted by molar-refractivity contribution is 0.119. The maximum absolute atomic E-state index is 11.7. The third-order valence-electron chi connectivity index (χ3n) is 17.8. The Kier molecular flexibility index (Phi) is 11.1. The maximum atomic E-state index is 11.7. The molecule has 9 aliphatic rings. The van der Waals surface area contributed by atoms with Gasteiger partial charge in [0, 0.05) is 50.4 Å². The molecule has 12 rings (SSSR count). The molecule has 12 unspecified atom stereocenters. The first kappa shape index (κ1) is 43.9. The number of thioether (sulfide) groups is 1. The molecular formula is C60H72N6S. The van der Waals surface area contributed by atoms with Crippen molar-refractivity contribution >= 4 is 34.0 Å². The topological polar surface area (TPSA) is 68.1 Å². The van der Waals surface area contributed by atoms with Crippen LogP contribution in [0.15, 0.2) is 99.7 Å². The molecule has 3 aromatic rings. The van der Waals surface area contributed by atoms with Gasteiger partial charge in [0.05, 0.1) is 47.4 Å². The van der Waals surface area contributed by atoms with Crippen molar-refractivity contribution in [2.75, 3.05) is 4.90 Å². The molecule has 0 amide bonds. The molecule has 4 heterocycles. The standard InChI is InChI=1S/C60H72N6S/c1-32-21-36(5)53-45(25-32)46-26-33(2)22-37(6)54(46)65(53)50-30-51(66-55-38(7)23-34(3)27-47(55)48-28-35(4)24-39(8)56(48)66)49(29-41(50)31-61)60-63-58(40-15-10-9-11-16-40)62-59(64-60)44-19-14-18-43-42-17-12-13-20-52(42)67-57(43)44/h9-10,15,17,20-23,25,27,30,33,35,39,43-44,46,49,54,57-60,62-64H,11-14,16,18-19,24,26,28-29H2,1-8H3. The number of anilines is 1. The van der Waals surface area contributed by atoms with Crippen LogP contribution in [-0.4, -0.2) is 34.4 Å². The summed E-state index contributed by atoms with van der Waals surface area (Å²) in [5.41, 5.74) is 20.4. The molecule has 7 heteroatoms. The van der Waals surface area contributed by atoms with Crippen LogP contribution < -0.4 is 20.9 Å². The Morgan fingerprint density at radius 3 is 2.45 bits per heavy atom. The lowest BCUT2D eigenvalue weighted by atomic mass is 9.74. The van der Waals surface area contributed by atoms with Gasteiger partial charge < -0.3 is 9.47 Å². The largest absolute Gasteiger partial charge is 0.332 e. The van der Waals surface area contributed by atoms with E-state index in [1.54, 1.807) is 16.0 Å². The molecule has 6 aliphatic carbocycles. The molecule has 2 saturated heterocycles. The summed E-state index contributed by atoms with van der Waals surface area (Å²) in [5, 5.41) is 26.6. The second kappa shape index (κ2) is 17.0. The summed E-state index contributed by atoms with van der Waals surface area (Å²) in [6.45, 7) is 18.9. The van der Waals surface area contributed by atoms with E-state index in [0.29, 0.717) is 47.2 Å². The second-order valence-electron chi connectivity index (χ2n) is 22.7. The van der Waals surface area contributed by atoms with E-state index >= 15 is 0 Å². The summed E-state index contributed by atoms with van der Waals surface area (Å²) in [4.78, 5) is 4.23. The number of hydrogen-bond acceptors (Lipinski definition) is 6. The van der Waals surface area contributed by atoms with Crippen LogP contribution in [0.1, 0.15) is 143 Å². The number of aromatic nitrogens is 1. The third kappa shape index (κ3) is 7.20. The minimum atomic E-state index is -0.0662. The van der Waals surface area contributed by atoms with Crippen molar-refractivity contribution in [1.82, 2.24) is 20.5 Å². The van der Waals surface area contributed by atoms with Gasteiger partial charge in [0.2, 0.25) is 0 Å². The number of rotatable bonds is 5. The highest BCUT2D eigenvalue weighted by atomic mass is 32.2. The van der Waals surface area contributed by atoms with Crippen LogP contribution in [0.25, 0.3) is 16.6 Å². The highest BCUT2D eigenvalue weighted by Gasteiger charge is 2.50. The molecule has 3 fully saturated rings. The first-order chi connectivity index (χ1) is 32.4. The fraction of sp³-hybridized carbons (Fsp3) is 0.517. The van der Waals surface area contributed by atoms with Crippen molar-refractivity contribution in [1.29, 1.82) is 5.26 Å². The number of nitriles is 1. The van der Waals surface area contributed by atoms with Crippen LogP contribution >= 0.6 is 11.8 Å². The summed E-state index contributed by atoms with van der Waals surface area (Å²) >= 11 is 2.19. The summed E-state index contributed by atoms with van der Waals surface area (Å²) < 4.78 is 2.78. The highest BCUT2D eigenvalue weighted by Crippen LogP contribution is 2.57. The molecule has 12 atom stereocenters. The van der Waals surface area contributed by atoms with Gasteiger partial charge in [-0.15, -0.1) is 11.8 Å². The van der Waals surface area contributed by atoms with Gasteiger partial charge in [-0.05, 0) is 168 Å². The van der Waals surface area contributed by atoms with E-state index in [0.717, 1.165) is 37.0 Å². The monoisotopic (exact) mass is 909 g/mol. The molecule has 67 heavy (non-hydrogen) atoms. The van der Waals surface area contributed by atoms with Crippen LogP contribution in [0.5, 0.6) is 0 Å². The first-order valence-electron chi connectivity index (χ1n) is 26.2. The van der Waals surface area contributed by atoms with E-state index in [9.17, 15) is 5.26 Å². The molecule has 2 aromatic carbocycles. The van der Waals surface area contributed by atoms with Gasteiger partial charge in [0.25, 0.3) is 0 Å². The van der Waals surface area contributed by atoms with Gasteiger partial charge in [-0.1, -0.05) is 98.5 Å². The maximum Gasteiger partial charge on any atom is 0.0969 e. The number of nitrogens with one attached hydrogen (secondary N) is 3. The third-order valence-corrected chi connectivity index (χ3v) is 19.4. The van der Waals surface area contributed by atoms with E-state index in [2.05, 4.69) is 165 Å². The lowest BCUT2D eigenvalue weighted by Crippen LogP contribution is -2.72. The van der Waals surface area contributed by atoms with Crippen LogP contribution in [0, 0.1) is 68.6 Å². The predicted molar refractivity (Wildman–Crippen MR) is 280 cm³/mol. The van der Waals surface area contributed by atoms with Crippen molar-refractivity contribution in [2.45, 2.75) is 168 Å². The molecule has 0 radical (unpaired) electrons. The van der Waals surface area contributed by atoms with Crippen molar-refractivity contribution in [2.24, 2.45) is 29.6 Å². The number of fused-ring (bicyclic) bond motifs is 9. The van der Waals surface area contributed by atoms with E-state index in [-0.39, 0.29) is 30.5 Å². The Bertz CT molecular complexity index is 2840. The minimum Gasteiger partial charge on any atom is -0.332 e. The van der Waals surface area contributed by atoms with Crippen LogP contribution in [0.2, 0.25) is 0 Å². The van der Waals surface area contributed by atoms with Crippen molar-refractivity contribution in [3.8, 4) is 6.07 Å². The van der Waals surface area contributed by atoms with E-state index in [1.807, 2.05) is 0 Å². The Labute approximate surface area is 404 Å². The Morgan fingerprint density at radius 1 is 0.821 bits per heavy atom. The zero-order valence-electron chi connectivity index (χ0n) is 41.3. The molecular weight excluding hydrogens is 837 g/mol. The van der Waals surface area contributed by atoms with Gasteiger partial charge in [-0.3, -0.25) is 16.0 Å². The number of allylic oxidation sites excluding steroid dienone is 9. The van der Waals surface area contributed by atoms with Crippen LogP contribution in [0.4, 0.5) is 5.69 Å². The van der Waals surface area contributed by atoms with Gasteiger partial charge in [-0.2, -0.15) is 5.26 Å². The Hall–Kier alpha value is -4.32. The minimum absolute atomic E-state index is 0.000744. The van der Waals surface area contributed by atoms with Crippen LogP contribution in [0.3, 0.4) is 0 Å². The summed E-state index contributed by atoms with van der Waals surface area (Å²) in [7, 11) is 0. The highest BCUT2D eigenvalue weighted by molar-refractivity contribution is 8.04. The van der Waals surface area contributed by atoms with Crippen molar-refractivity contribution in [3.05, 3.63) is 139 Å². The Balaban J connectivity index is 1.06. The van der Waals surface area contributed by atoms with E-state index in [4.69, 9.17) is 0 Å². The van der Waals surface area contributed by atoms with Gasteiger partial charge in [0.1, 0.15) is 0 Å². The molecule has 3 aliphatic heterocycles. The number of benzene rings is 2. The summed E-state index contributed by atoms with van der Waals surface area (Å²) in [6, 6.07) is 12.9. The van der Waals surface area contributed by atoms with E-state index < -0.39 is 0 Å². The van der Waals surface area contributed by atoms with Gasteiger partial charge >= 0.3 is 0 Å². The molecule has 0 bridgehead atoms. The SMILES string of the molecule is CC1=CC(C)CC2c3cc(C)cc(C)c3N(C3=C(C#N)CC(C4NC(C5=CC=CCC5)NC(C5CCCC6C7=CCCC=C7SC65)N4)C(n4c5c(c6cc(C)cc(C)c64)CC(C)CC5C)=C3)C12. The first-order valence-corrected chi connectivity index (χ1v) is 27.1. The molecule has 6 nitrogen and oxygen atoms in total. The number of nitrogens with zero attached hydrogens (tertiary/aromatic N) is 3.